The zero-order chi connectivity index (χ0) is 75.1. The number of allylic oxidation sites excluding steroid dienone is 1. The Labute approximate surface area is 588 Å². The number of esters is 1. The molecule has 0 spiro atoms. The third-order valence-electron chi connectivity index (χ3n) is 16.8. The summed E-state index contributed by atoms with van der Waals surface area (Å²) < 4.78 is 16.7. The normalized spacial score (nSPS) is 22.2. The summed E-state index contributed by atoms with van der Waals surface area (Å²) in [6.07, 6.45) is -0.268. The van der Waals surface area contributed by atoms with Crippen LogP contribution in [0, 0.1) is 17.8 Å². The second-order valence-electron chi connectivity index (χ2n) is 29.4. The summed E-state index contributed by atoms with van der Waals surface area (Å²) in [5.74, 6) is -11.1. The van der Waals surface area contributed by atoms with E-state index in [0.717, 1.165) is 9.80 Å². The number of amides is 10. The second-order valence-corrected chi connectivity index (χ2v) is 29.4. The van der Waals surface area contributed by atoms with Gasteiger partial charge in [-0.05, 0) is 131 Å². The van der Waals surface area contributed by atoms with Crippen molar-refractivity contribution in [1.29, 1.82) is 0 Å². The highest BCUT2D eigenvalue weighted by molar-refractivity contribution is 5.98. The molecule has 8 N–H and O–H groups in total. The fourth-order valence-corrected chi connectivity index (χ4v) is 10.8. The lowest BCUT2D eigenvalue weighted by Gasteiger charge is -2.43. The summed E-state index contributed by atoms with van der Waals surface area (Å²) in [6.45, 7) is 24.6. The minimum absolute atomic E-state index is 0.0173. The van der Waals surface area contributed by atoms with E-state index in [1.807, 2.05) is 4.90 Å². The van der Waals surface area contributed by atoms with Crippen LogP contribution in [0.25, 0.3) is 0 Å². The number of ketones is 1. The molecule has 2 heterocycles. The number of nitrogens with zero attached hydrogens (tertiary/aromatic N) is 4. The lowest BCUT2D eigenvalue weighted by atomic mass is 9.89. The van der Waals surface area contributed by atoms with Gasteiger partial charge in [-0.2, -0.15) is 0 Å². The average Bonchev–Trinajstić information content (AvgIpc) is 0.805. The zero-order valence-corrected chi connectivity index (χ0v) is 61.3. The number of rotatable bonds is 17. The Morgan fingerprint density at radius 3 is 1.62 bits per heavy atom. The summed E-state index contributed by atoms with van der Waals surface area (Å²) in [5, 5.41) is 29.9. The first-order chi connectivity index (χ1) is 46.6. The van der Waals surface area contributed by atoms with Crippen molar-refractivity contribution >= 4 is 77.2 Å². The van der Waals surface area contributed by atoms with Crippen molar-refractivity contribution in [2.24, 2.45) is 17.8 Å². The predicted octanol–water partition coefficient (Wildman–Crippen LogP) is 4.35. The van der Waals surface area contributed by atoms with Crippen molar-refractivity contribution in [3.05, 3.63) is 83.9 Å². The number of likely N-dealkylation sites (N-methyl/N-ethyl adjacent to an activating group) is 2. The maximum Gasteiger partial charge on any atom is 0.410 e. The summed E-state index contributed by atoms with van der Waals surface area (Å²) in [5.41, 5.74) is -1.59. The summed E-state index contributed by atoms with van der Waals surface area (Å²) in [4.78, 5) is 189. The predicted molar refractivity (Wildman–Crippen MR) is 372 cm³/mol. The molecule has 0 aromatic heterocycles. The van der Waals surface area contributed by atoms with Gasteiger partial charge in [0.05, 0.1) is 6.04 Å². The topological polar surface area (TPSA) is 367 Å². The van der Waals surface area contributed by atoms with Crippen LogP contribution >= 0.6 is 0 Å². The number of hydrogen-bond donors (Lipinski definition) is 8. The molecule has 2 aliphatic heterocycles. The van der Waals surface area contributed by atoms with Gasteiger partial charge in [0, 0.05) is 72.0 Å². The third kappa shape index (κ3) is 27.6. The van der Waals surface area contributed by atoms with Crippen LogP contribution in [0.15, 0.2) is 72.8 Å². The molecule has 2 aliphatic rings. The van der Waals surface area contributed by atoms with Crippen LogP contribution in [0.1, 0.15) is 154 Å². The Morgan fingerprint density at radius 1 is 0.600 bits per heavy atom. The van der Waals surface area contributed by atoms with Crippen molar-refractivity contribution in [1.82, 2.24) is 56.8 Å². The number of aliphatic carboxylic acids is 1. The van der Waals surface area contributed by atoms with Gasteiger partial charge in [0.1, 0.15) is 65.1 Å². The van der Waals surface area contributed by atoms with Gasteiger partial charge < -0.3 is 61.4 Å². The van der Waals surface area contributed by atoms with Gasteiger partial charge in [0.15, 0.2) is 5.78 Å². The number of Topliss-reactive ketones (excluding diaryl/α,β-unsaturated/α-hetero) is 1. The van der Waals surface area contributed by atoms with E-state index in [1.165, 1.54) is 38.9 Å². The Balaban J connectivity index is 1.81. The van der Waals surface area contributed by atoms with E-state index in [1.54, 1.807) is 157 Å². The van der Waals surface area contributed by atoms with E-state index < -0.39 is 173 Å². The molecule has 1 saturated heterocycles. The molecule has 0 aliphatic carbocycles. The number of carboxylic acid groups (broad SMARTS) is 1. The van der Waals surface area contributed by atoms with Crippen LogP contribution in [-0.2, 0) is 79.8 Å². The molecular weight excluding hydrogens is 1290 g/mol. The Morgan fingerprint density at radius 2 is 1.11 bits per heavy atom. The molecular formula is C72H109N11O17. The molecule has 2 aromatic rings. The second kappa shape index (κ2) is 38.0. The van der Waals surface area contributed by atoms with Crippen molar-refractivity contribution in [3.63, 3.8) is 0 Å². The molecule has 100 heavy (non-hydrogen) atoms. The highest BCUT2D eigenvalue weighted by Crippen LogP contribution is 2.22. The van der Waals surface area contributed by atoms with Crippen molar-refractivity contribution in [3.8, 4) is 0 Å². The molecule has 0 radical (unpaired) electrons. The monoisotopic (exact) mass is 1400 g/mol. The van der Waals surface area contributed by atoms with Crippen molar-refractivity contribution in [2.75, 3.05) is 46.8 Å². The maximum atomic E-state index is 15.1. The average molecular weight is 1400 g/mol. The van der Waals surface area contributed by atoms with Crippen LogP contribution < -0.4 is 37.2 Å². The van der Waals surface area contributed by atoms with E-state index in [4.69, 9.17) is 14.2 Å². The van der Waals surface area contributed by atoms with Gasteiger partial charge in [0.2, 0.25) is 47.3 Å². The van der Waals surface area contributed by atoms with E-state index in [0.29, 0.717) is 11.1 Å². The molecule has 28 heteroatoms. The van der Waals surface area contributed by atoms with Crippen molar-refractivity contribution < 1.29 is 81.6 Å². The van der Waals surface area contributed by atoms with Gasteiger partial charge >= 0.3 is 24.1 Å². The number of ether oxygens (including phenoxy) is 3. The largest absolute Gasteiger partial charge is 0.480 e. The SMILES string of the molecule is CC(C)[C@H](NC(=O)[C@H](C)N(C)C(=O)OC(C)(C)C)C(=O)N[C@H]1C/C=C/CC[C@@H](C(=O)O)NC(=O)[C@H](Cc2ccccc2)NC(=O)[C@@H]2CN(CCNC(=O)CC[C@@H](C(=O)OC(C)(C)C)NC(=O)[C@H](Cc3ccccc3)CC1=O)CCN2C(=O)[C@@H](NC(=O)[C@H](C)N(C)C(=O)OC(C)(C)C)C(C)C. The molecule has 11 atom stereocenters. The summed E-state index contributed by atoms with van der Waals surface area (Å²) >= 11 is 0. The van der Waals surface area contributed by atoms with E-state index >= 15 is 4.79 Å². The summed E-state index contributed by atoms with van der Waals surface area (Å²) in [6, 6.07) is 5.41. The van der Waals surface area contributed by atoms with E-state index in [9.17, 15) is 62.6 Å². The summed E-state index contributed by atoms with van der Waals surface area (Å²) in [7, 11) is 2.75. The van der Waals surface area contributed by atoms with E-state index in [-0.39, 0.29) is 77.7 Å². The lowest BCUT2D eigenvalue weighted by molar-refractivity contribution is -0.159. The zero-order valence-electron chi connectivity index (χ0n) is 61.3. The number of benzene rings is 2. The first-order valence-electron chi connectivity index (χ1n) is 34.3. The molecule has 2 bridgehead atoms. The molecule has 0 saturated carbocycles. The molecule has 28 nitrogen and oxygen atoms in total. The van der Waals surface area contributed by atoms with Gasteiger partial charge in [-0.3, -0.25) is 57.9 Å². The number of carboxylic acids is 1. The number of carbonyl (C=O) groups excluding carboxylic acids is 12. The lowest BCUT2D eigenvalue weighted by Crippen LogP contribution is -2.66. The highest BCUT2D eigenvalue weighted by Gasteiger charge is 2.43. The van der Waals surface area contributed by atoms with Gasteiger partial charge in [-0.15, -0.1) is 0 Å². The van der Waals surface area contributed by atoms with Crippen LogP contribution in [-0.4, -0.2) is 220 Å². The first kappa shape index (κ1) is 83.5. The Bertz CT molecular complexity index is 3200. The standard InChI is InChI=1S/C72H109N11O17/c1-43(2)57(78-59(86)45(5)80(16)68(96)99-71(10,11)12)64(91)74-50-31-25-20-26-32-51(66(93)94)75-62(89)53(40-48-29-23-19-24-30-48)77-63(90)54-42-82(37-38-83(54)65(92)58(44(3)4)79-60(87)46(6)81(17)69(97)100-72(13,14)15)36-35-73-56(85)34-33-52(67(95)98-70(7,8)9)76-61(88)49(41-55(50)84)39-47-27-21-18-22-28-47/h18-25,27-30,43-46,49-54,57-58H,26,31-42H2,1-17H3,(H,73,85)(H,74,91)(H,75,89)(H,76,88)(H,77,90)(H,78,86)(H,79,87)(H,93,94)/b25-20+/t45-,46-,49+,50-,51-,52-,53-,54-,57-,58-/m0/s1. The Kier molecular flexibility index (Phi) is 31.7. The minimum atomic E-state index is -1.56. The fraction of sp³-hybridized carbons (Fsp3) is 0.625. The van der Waals surface area contributed by atoms with Crippen molar-refractivity contribution in [2.45, 2.75) is 226 Å². The molecule has 1 fully saturated rings. The smallest absolute Gasteiger partial charge is 0.410 e. The number of piperazine rings is 1. The number of carbonyl (C=O) groups is 13. The fourth-order valence-electron chi connectivity index (χ4n) is 10.8. The van der Waals surface area contributed by atoms with Gasteiger partial charge in [-0.1, -0.05) is 101 Å². The van der Waals surface area contributed by atoms with Gasteiger partial charge in [-0.25, -0.2) is 19.2 Å². The van der Waals surface area contributed by atoms with E-state index in [2.05, 4.69) is 37.2 Å². The maximum absolute atomic E-state index is 15.1. The number of fused-ring (bicyclic) bond motifs is 2. The number of hydrogen-bond acceptors (Lipinski definition) is 17. The molecule has 554 valence electrons. The first-order valence-corrected chi connectivity index (χ1v) is 34.3. The molecule has 4 rings (SSSR count). The Hall–Kier alpha value is -8.95. The molecule has 1 unspecified atom stereocenters. The minimum Gasteiger partial charge on any atom is -0.480 e. The van der Waals surface area contributed by atoms with Crippen LogP contribution in [0.3, 0.4) is 0 Å². The van der Waals surface area contributed by atoms with Crippen LogP contribution in [0.5, 0.6) is 0 Å². The number of nitrogens with one attached hydrogen (secondary N) is 7. The van der Waals surface area contributed by atoms with Crippen LogP contribution in [0.2, 0.25) is 0 Å². The highest BCUT2D eigenvalue weighted by atomic mass is 16.6. The molecule has 10 amide bonds. The molecule has 2 aromatic carbocycles. The van der Waals surface area contributed by atoms with Gasteiger partial charge in [0.25, 0.3) is 0 Å². The quantitative estimate of drug-likeness (QED) is 0.0620. The third-order valence-corrected chi connectivity index (χ3v) is 16.8. The van der Waals surface area contributed by atoms with Crippen LogP contribution in [0.4, 0.5) is 9.59 Å².